The average molecular weight is 1030 g/mol. The molecule has 4 aliphatic heterocycles. The summed E-state index contributed by atoms with van der Waals surface area (Å²) in [6.45, 7) is 16.1. The van der Waals surface area contributed by atoms with Crippen LogP contribution in [0.1, 0.15) is 90.2 Å². The Morgan fingerprint density at radius 3 is 2.45 bits per heavy atom. The highest BCUT2D eigenvalue weighted by atomic mass is 16.5. The van der Waals surface area contributed by atoms with Crippen molar-refractivity contribution in [3.8, 4) is 22.4 Å². The fourth-order valence-corrected chi connectivity index (χ4v) is 11.4. The summed E-state index contributed by atoms with van der Waals surface area (Å²) in [5, 5.41) is 5.64. The number of nitrogens with zero attached hydrogens (tertiary/aromatic N) is 7. The zero-order valence-electron chi connectivity index (χ0n) is 45.8. The predicted octanol–water partition coefficient (Wildman–Crippen LogP) is 6.63. The van der Waals surface area contributed by atoms with E-state index in [-0.39, 0.29) is 37.0 Å². The summed E-state index contributed by atoms with van der Waals surface area (Å²) < 4.78 is 20.7. The highest BCUT2D eigenvalue weighted by molar-refractivity contribution is 5.96. The van der Waals surface area contributed by atoms with Crippen LogP contribution in [0.2, 0.25) is 0 Å². The van der Waals surface area contributed by atoms with Crippen molar-refractivity contribution in [2.45, 2.75) is 116 Å². The van der Waals surface area contributed by atoms with Crippen LogP contribution in [-0.2, 0) is 52.8 Å². The molecule has 6 heterocycles. The molecule has 4 aliphatic rings. The van der Waals surface area contributed by atoms with Gasteiger partial charge in [-0.15, -0.1) is 0 Å². The van der Waals surface area contributed by atoms with Gasteiger partial charge in [0.1, 0.15) is 18.1 Å². The average Bonchev–Trinajstić information content (AvgIpc) is 3.72. The van der Waals surface area contributed by atoms with Crippen LogP contribution >= 0.6 is 0 Å². The molecule has 3 saturated heterocycles. The predicted molar refractivity (Wildman–Crippen MR) is 289 cm³/mol. The Morgan fingerprint density at radius 2 is 1.73 bits per heavy atom. The van der Waals surface area contributed by atoms with Crippen molar-refractivity contribution in [2.24, 2.45) is 11.3 Å². The number of aromatic nitrogens is 2. The van der Waals surface area contributed by atoms with E-state index in [1.807, 2.05) is 68.9 Å². The van der Waals surface area contributed by atoms with Crippen molar-refractivity contribution in [2.75, 3.05) is 80.7 Å². The van der Waals surface area contributed by atoms with Gasteiger partial charge in [0.05, 0.1) is 42.9 Å². The number of aryl methyl sites for hydroxylation is 1. The number of nitrogens with one attached hydrogen (secondary N) is 2. The number of fused-ring (bicyclic) bond motifs is 6. The van der Waals surface area contributed by atoms with Gasteiger partial charge in [-0.1, -0.05) is 64.1 Å². The number of hydrogen-bond donors (Lipinski definition) is 2. The Bertz CT molecular complexity index is 2760. The smallest absolute Gasteiger partial charge is 0.324 e. The van der Waals surface area contributed by atoms with Gasteiger partial charge in [0.2, 0.25) is 11.8 Å². The molecule has 0 aliphatic carbocycles. The Balaban J connectivity index is 1.08. The highest BCUT2D eigenvalue weighted by Crippen LogP contribution is 2.42. The third kappa shape index (κ3) is 12.3. The quantitative estimate of drug-likeness (QED) is 0.122. The number of ether oxygens (including phenoxy) is 3. The highest BCUT2D eigenvalue weighted by Gasteiger charge is 2.44. The number of rotatable bonds is 11. The van der Waals surface area contributed by atoms with Crippen molar-refractivity contribution in [1.82, 2.24) is 44.9 Å². The molecule has 75 heavy (non-hydrogen) atoms. The van der Waals surface area contributed by atoms with Crippen LogP contribution < -0.4 is 10.7 Å². The van der Waals surface area contributed by atoms with Crippen molar-refractivity contribution in [1.29, 1.82) is 0 Å². The van der Waals surface area contributed by atoms with Crippen LogP contribution in [0.3, 0.4) is 0 Å². The summed E-state index contributed by atoms with van der Waals surface area (Å²) in [6, 6.07) is 15.6. The molecule has 8 rings (SSSR count). The Kier molecular flexibility index (Phi) is 17.2. The van der Waals surface area contributed by atoms with Crippen molar-refractivity contribution < 1.29 is 38.2 Å². The maximum Gasteiger partial charge on any atom is 0.324 e. The molecule has 6 bridgehead atoms. The van der Waals surface area contributed by atoms with E-state index in [4.69, 9.17) is 19.2 Å². The molecule has 17 nitrogen and oxygen atoms in total. The standard InChI is InChI=1S/C58H79N9O8/c1-11-66-48-22-21-42-34-44(48)45(52(66)43-18-13-25-59-50(43)39(4)73-10)35-57(5,6)37-74-55(71)46-19-14-27-67(61-46)54(70)47(33-40-16-12-17-41(42)32-40)60-53(69)51(38(2)3)63(9)56(72)64-28-23-58(24-29-64)36-65(30-31-75-58)49(68)20-15-26-62(7)8/h12-13,15-18,20-22,25,32,34,38-39,46-47,51,61H,11,14,19,23-24,26-31,33,35-37H2,1-10H3,(H,60,69)/b20-15+/t39-,46-,47?,51-/m0/s1. The second-order valence-corrected chi connectivity index (χ2v) is 22.4. The lowest BCUT2D eigenvalue weighted by Crippen LogP contribution is -2.63. The van der Waals surface area contributed by atoms with Crippen molar-refractivity contribution in [3.05, 3.63) is 89.8 Å². The number of likely N-dealkylation sites (N-methyl/N-ethyl adjacent to an activating group) is 2. The minimum atomic E-state index is -1.06. The lowest BCUT2D eigenvalue weighted by Gasteiger charge is -2.47. The molecule has 0 radical (unpaired) electrons. The van der Waals surface area contributed by atoms with Gasteiger partial charge in [-0.2, -0.15) is 0 Å². The largest absolute Gasteiger partial charge is 0.464 e. The summed E-state index contributed by atoms with van der Waals surface area (Å²) in [4.78, 5) is 83.1. The van der Waals surface area contributed by atoms with Gasteiger partial charge in [0, 0.05) is 94.0 Å². The van der Waals surface area contributed by atoms with Crippen LogP contribution in [-0.4, -0.2) is 168 Å². The summed E-state index contributed by atoms with van der Waals surface area (Å²) in [6.07, 6.45) is 7.86. The summed E-state index contributed by atoms with van der Waals surface area (Å²) in [7, 11) is 7.24. The fraction of sp³-hybridized carbons (Fsp3) is 0.552. The number of carbonyl (C=O) groups is 5. The number of hydrogen-bond acceptors (Lipinski definition) is 11. The number of benzene rings is 2. The second-order valence-electron chi connectivity index (χ2n) is 22.4. The van der Waals surface area contributed by atoms with Crippen LogP contribution in [0.5, 0.6) is 0 Å². The number of pyridine rings is 1. The summed E-state index contributed by atoms with van der Waals surface area (Å²) in [5.41, 5.74) is 9.94. The van der Waals surface area contributed by atoms with Crippen molar-refractivity contribution in [3.63, 3.8) is 0 Å². The van der Waals surface area contributed by atoms with Gasteiger partial charge in [0.25, 0.3) is 5.91 Å². The molecule has 1 unspecified atom stereocenters. The van der Waals surface area contributed by atoms with Gasteiger partial charge in [-0.05, 0) is 112 Å². The number of morpholine rings is 1. The van der Waals surface area contributed by atoms with Crippen LogP contribution in [0.15, 0.2) is 72.9 Å². The van der Waals surface area contributed by atoms with E-state index >= 15 is 0 Å². The number of methoxy groups -OCH3 is 1. The first-order valence-electron chi connectivity index (χ1n) is 26.9. The molecule has 404 valence electrons. The van der Waals surface area contributed by atoms with Crippen LogP contribution in [0, 0.1) is 11.3 Å². The number of cyclic esters (lactones) is 1. The van der Waals surface area contributed by atoms with E-state index in [1.165, 1.54) is 9.91 Å². The Hall–Kier alpha value is -6.14. The molecule has 1 spiro atoms. The number of amides is 5. The van der Waals surface area contributed by atoms with Gasteiger partial charge in [-0.3, -0.25) is 29.2 Å². The summed E-state index contributed by atoms with van der Waals surface area (Å²) in [5.74, 6) is -1.67. The number of carbonyl (C=O) groups excluding carboxylic acids is 5. The van der Waals surface area contributed by atoms with Crippen molar-refractivity contribution >= 4 is 40.6 Å². The molecule has 4 atom stereocenters. The van der Waals surface area contributed by atoms with Gasteiger partial charge >= 0.3 is 12.0 Å². The minimum Gasteiger partial charge on any atom is -0.464 e. The maximum absolute atomic E-state index is 14.9. The molecule has 4 aromatic rings. The number of piperidine rings is 1. The third-order valence-electron chi connectivity index (χ3n) is 15.5. The second kappa shape index (κ2) is 23.4. The number of urea groups is 1. The fourth-order valence-electron chi connectivity index (χ4n) is 11.4. The van der Waals surface area contributed by atoms with Crippen LogP contribution in [0.4, 0.5) is 4.79 Å². The zero-order chi connectivity index (χ0) is 53.8. The van der Waals surface area contributed by atoms with Gasteiger partial charge in [-0.25, -0.2) is 10.2 Å². The molecule has 0 saturated carbocycles. The molecule has 3 fully saturated rings. The van der Waals surface area contributed by atoms with E-state index in [0.29, 0.717) is 84.5 Å². The Morgan fingerprint density at radius 1 is 0.973 bits per heavy atom. The first-order valence-corrected chi connectivity index (χ1v) is 26.9. The lowest BCUT2D eigenvalue weighted by molar-refractivity contribution is -0.155. The van der Waals surface area contributed by atoms with E-state index in [1.54, 1.807) is 31.3 Å². The Labute approximate surface area is 442 Å². The molecule has 17 heteroatoms. The molecule has 2 aromatic heterocycles. The lowest BCUT2D eigenvalue weighted by atomic mass is 9.84. The first-order chi connectivity index (χ1) is 35.8. The van der Waals surface area contributed by atoms with E-state index < -0.39 is 46.9 Å². The number of esters is 1. The van der Waals surface area contributed by atoms with Gasteiger partial charge in [0.15, 0.2) is 0 Å². The zero-order valence-corrected chi connectivity index (χ0v) is 45.8. The van der Waals surface area contributed by atoms with Gasteiger partial charge < -0.3 is 43.7 Å². The van der Waals surface area contributed by atoms with E-state index in [0.717, 1.165) is 50.1 Å². The summed E-state index contributed by atoms with van der Waals surface area (Å²) >= 11 is 0. The molecular weight excluding hydrogens is 951 g/mol. The molecule has 2 N–H and O–H groups in total. The number of hydrazine groups is 1. The molecule has 2 aromatic carbocycles. The first kappa shape index (κ1) is 55.1. The maximum atomic E-state index is 14.9. The van der Waals surface area contributed by atoms with E-state index in [9.17, 15) is 24.0 Å². The number of likely N-dealkylation sites (tertiary alicyclic amines) is 1. The topological polar surface area (TPSA) is 171 Å². The monoisotopic (exact) mass is 1030 g/mol. The normalized spacial score (nSPS) is 21.1. The SMILES string of the molecule is CCn1c(-c2cccnc2[C@H](C)OC)c2c3cc(ccc31)-c1cccc(c1)CC(NC(=O)[C@H](C(C)C)N(C)C(=O)N1CCC3(CC1)CN(C(=O)/C=C/CN(C)C)CCO3)C(=O)N1CCC[C@H](N1)C(=O)OCC(C)(C)C2. The third-order valence-corrected chi connectivity index (χ3v) is 15.5. The molecule has 5 amide bonds. The molecular formula is C58H79N9O8. The minimum absolute atomic E-state index is 0.0480. The van der Waals surface area contributed by atoms with Crippen LogP contribution in [0.25, 0.3) is 33.3 Å². The van der Waals surface area contributed by atoms with E-state index in [2.05, 4.69) is 72.5 Å².